The van der Waals surface area contributed by atoms with Gasteiger partial charge in [-0.2, -0.15) is 0 Å². The molecule has 0 radical (unpaired) electrons. The first-order valence-electron chi connectivity index (χ1n) is 9.53. The minimum Gasteiger partial charge on any atom is -0.489 e. The third-order valence-corrected chi connectivity index (χ3v) is 6.09. The second-order valence-corrected chi connectivity index (χ2v) is 7.71. The summed E-state index contributed by atoms with van der Waals surface area (Å²) < 4.78 is 36.8. The lowest BCUT2D eigenvalue weighted by molar-refractivity contribution is 0.274. The van der Waals surface area contributed by atoms with Crippen LogP contribution in [-0.2, 0) is 0 Å². The Morgan fingerprint density at radius 1 is 1.13 bits per heavy atom. The molecule has 152 valence electrons. The average molecular weight is 429 g/mol. The summed E-state index contributed by atoms with van der Waals surface area (Å²) in [5.41, 5.74) is 0.756. The summed E-state index contributed by atoms with van der Waals surface area (Å²) in [7, 11) is 0. The Morgan fingerprint density at radius 2 is 2.03 bits per heavy atom. The fraction of sp³-hybridized carbons (Fsp3) is 0.250. The molecular weight excluding hydrogens is 414 g/mol. The van der Waals surface area contributed by atoms with Gasteiger partial charge in [0.2, 0.25) is 0 Å². The van der Waals surface area contributed by atoms with E-state index in [1.54, 1.807) is 6.07 Å². The molecule has 1 saturated heterocycles. The van der Waals surface area contributed by atoms with Crippen LogP contribution in [-0.4, -0.2) is 52.2 Å². The first-order valence-corrected chi connectivity index (χ1v) is 9.90. The van der Waals surface area contributed by atoms with Crippen LogP contribution in [0.1, 0.15) is 0 Å². The zero-order chi connectivity index (χ0) is 20.4. The molecule has 2 aromatic carbocycles. The number of fused-ring (bicyclic) bond motifs is 3. The molecule has 1 fully saturated rings. The van der Waals surface area contributed by atoms with Crippen LogP contribution in [0.3, 0.4) is 0 Å². The van der Waals surface area contributed by atoms with Gasteiger partial charge in [-0.1, -0.05) is 11.6 Å². The predicted molar refractivity (Wildman–Crippen MR) is 109 cm³/mol. The zero-order valence-electron chi connectivity index (χ0n) is 15.5. The number of aromatic nitrogens is 4. The fourth-order valence-electron chi connectivity index (χ4n) is 4.35. The summed E-state index contributed by atoms with van der Waals surface area (Å²) in [4.78, 5) is 17.8. The number of rotatable bonds is 1. The van der Waals surface area contributed by atoms with Gasteiger partial charge in [0.15, 0.2) is 11.6 Å². The Balaban J connectivity index is 1.71. The number of imidazole rings is 1. The third-order valence-electron chi connectivity index (χ3n) is 5.73. The SMILES string of the molecule is Fc1ccc2[nH]cnc2c1-c1c(Cl)c2c3c(ncnc3c1F)N1CCNC[C@H]1CO2. The quantitative estimate of drug-likeness (QED) is 0.484. The smallest absolute Gasteiger partial charge is 0.159 e. The summed E-state index contributed by atoms with van der Waals surface area (Å²) in [5.74, 6) is -0.523. The first kappa shape index (κ1) is 17.8. The van der Waals surface area contributed by atoms with E-state index >= 15 is 4.39 Å². The number of aromatic amines is 1. The normalized spacial score (nSPS) is 18.4. The van der Waals surface area contributed by atoms with E-state index in [1.807, 2.05) is 0 Å². The molecule has 0 saturated carbocycles. The van der Waals surface area contributed by atoms with E-state index in [9.17, 15) is 4.39 Å². The van der Waals surface area contributed by atoms with Crippen LogP contribution in [0, 0.1) is 11.6 Å². The molecule has 30 heavy (non-hydrogen) atoms. The van der Waals surface area contributed by atoms with Crippen LogP contribution in [0.25, 0.3) is 33.1 Å². The number of benzene rings is 2. The Bertz CT molecular complexity index is 1330. The highest BCUT2D eigenvalue weighted by Gasteiger charge is 2.34. The molecule has 0 aliphatic carbocycles. The second-order valence-electron chi connectivity index (χ2n) is 7.34. The molecule has 0 spiro atoms. The van der Waals surface area contributed by atoms with Crippen molar-refractivity contribution in [3.63, 3.8) is 0 Å². The monoisotopic (exact) mass is 428 g/mol. The highest BCUT2D eigenvalue weighted by Crippen LogP contribution is 2.48. The standard InChI is InChI=1S/C20H15ClF2N6O/c21-15-13(12-10(22)1-2-11-17(12)26-7-25-11)16(23)18-14-19(15)30-6-9-5-24-3-4-29(9)20(14)28-8-27-18/h1-2,7-9,24H,3-6H2,(H,25,26)/t9-/m0/s1. The van der Waals surface area contributed by atoms with Gasteiger partial charge in [-0.15, -0.1) is 0 Å². The van der Waals surface area contributed by atoms with Gasteiger partial charge in [0.1, 0.15) is 30.1 Å². The number of ether oxygens (including phenoxy) is 1. The highest BCUT2D eigenvalue weighted by molar-refractivity contribution is 6.37. The summed E-state index contributed by atoms with van der Waals surface area (Å²) >= 11 is 6.68. The number of piperazine rings is 1. The summed E-state index contributed by atoms with van der Waals surface area (Å²) in [6.45, 7) is 2.51. The van der Waals surface area contributed by atoms with Gasteiger partial charge in [0, 0.05) is 25.2 Å². The Hall–Kier alpha value is -3.04. The van der Waals surface area contributed by atoms with Gasteiger partial charge in [-0.3, -0.25) is 0 Å². The van der Waals surface area contributed by atoms with Gasteiger partial charge in [0.25, 0.3) is 0 Å². The van der Waals surface area contributed by atoms with E-state index < -0.39 is 11.6 Å². The number of anilines is 1. The molecule has 7 nitrogen and oxygen atoms in total. The van der Waals surface area contributed by atoms with E-state index in [2.05, 4.69) is 30.2 Å². The number of halogens is 3. The molecule has 6 rings (SSSR count). The lowest BCUT2D eigenvalue weighted by Gasteiger charge is -2.35. The topological polar surface area (TPSA) is 79.0 Å². The molecule has 0 bridgehead atoms. The van der Waals surface area contributed by atoms with E-state index in [-0.39, 0.29) is 39.0 Å². The van der Waals surface area contributed by atoms with Gasteiger partial charge in [0.05, 0.1) is 39.4 Å². The maximum atomic E-state index is 15.8. The zero-order valence-corrected chi connectivity index (χ0v) is 16.3. The molecule has 4 heterocycles. The fourth-order valence-corrected chi connectivity index (χ4v) is 4.68. The number of hydrogen-bond donors (Lipinski definition) is 2. The van der Waals surface area contributed by atoms with Gasteiger partial charge < -0.3 is 19.9 Å². The van der Waals surface area contributed by atoms with Crippen LogP contribution >= 0.6 is 11.6 Å². The van der Waals surface area contributed by atoms with Crippen molar-refractivity contribution in [1.29, 1.82) is 0 Å². The lowest BCUT2D eigenvalue weighted by atomic mass is 9.99. The molecule has 2 aromatic heterocycles. The molecule has 4 aromatic rings. The number of hydrogen-bond acceptors (Lipinski definition) is 6. The summed E-state index contributed by atoms with van der Waals surface area (Å²) in [6.07, 6.45) is 2.75. The Morgan fingerprint density at radius 3 is 2.93 bits per heavy atom. The number of H-pyrrole nitrogens is 1. The molecule has 0 amide bonds. The van der Waals surface area contributed by atoms with Crippen LogP contribution < -0.4 is 15.0 Å². The average Bonchev–Trinajstić information content (AvgIpc) is 3.17. The van der Waals surface area contributed by atoms with Crippen molar-refractivity contribution < 1.29 is 13.5 Å². The molecule has 2 N–H and O–H groups in total. The van der Waals surface area contributed by atoms with Gasteiger partial charge >= 0.3 is 0 Å². The van der Waals surface area contributed by atoms with Crippen LogP contribution in [0.5, 0.6) is 5.75 Å². The van der Waals surface area contributed by atoms with E-state index in [0.717, 1.165) is 6.54 Å². The van der Waals surface area contributed by atoms with Crippen LogP contribution in [0.2, 0.25) is 5.02 Å². The molecule has 2 aliphatic heterocycles. The molecule has 10 heteroatoms. The van der Waals surface area contributed by atoms with Crippen molar-refractivity contribution in [1.82, 2.24) is 25.3 Å². The number of nitrogens with one attached hydrogen (secondary N) is 2. The first-order chi connectivity index (χ1) is 14.6. The summed E-state index contributed by atoms with van der Waals surface area (Å²) in [5, 5.41) is 3.71. The summed E-state index contributed by atoms with van der Waals surface area (Å²) in [6, 6.07) is 2.81. The van der Waals surface area contributed by atoms with Crippen molar-refractivity contribution in [3.8, 4) is 16.9 Å². The van der Waals surface area contributed by atoms with Crippen molar-refractivity contribution in [2.45, 2.75) is 6.04 Å². The number of nitrogens with zero attached hydrogens (tertiary/aromatic N) is 4. The van der Waals surface area contributed by atoms with Crippen molar-refractivity contribution >= 4 is 39.4 Å². The molecule has 1 atom stereocenters. The van der Waals surface area contributed by atoms with Gasteiger partial charge in [-0.25, -0.2) is 23.7 Å². The van der Waals surface area contributed by atoms with Gasteiger partial charge in [-0.05, 0) is 12.1 Å². The van der Waals surface area contributed by atoms with Crippen molar-refractivity contribution in [3.05, 3.63) is 41.4 Å². The van der Waals surface area contributed by atoms with E-state index in [0.29, 0.717) is 36.4 Å². The minimum atomic E-state index is -0.728. The van der Waals surface area contributed by atoms with Crippen molar-refractivity contribution in [2.75, 3.05) is 31.1 Å². The largest absolute Gasteiger partial charge is 0.489 e. The molecular formula is C20H15ClF2N6O. The van der Waals surface area contributed by atoms with Crippen LogP contribution in [0.4, 0.5) is 14.6 Å². The predicted octanol–water partition coefficient (Wildman–Crippen LogP) is 3.28. The Kier molecular flexibility index (Phi) is 3.84. The Labute approximate surface area is 174 Å². The molecule has 2 aliphatic rings. The lowest BCUT2D eigenvalue weighted by Crippen LogP contribution is -2.53. The second kappa shape index (κ2) is 6.48. The van der Waals surface area contributed by atoms with E-state index in [4.69, 9.17) is 16.3 Å². The maximum absolute atomic E-state index is 15.8. The maximum Gasteiger partial charge on any atom is 0.159 e. The van der Waals surface area contributed by atoms with Crippen molar-refractivity contribution in [2.24, 2.45) is 0 Å². The third kappa shape index (κ3) is 2.36. The van der Waals surface area contributed by atoms with E-state index in [1.165, 1.54) is 18.7 Å². The van der Waals surface area contributed by atoms with Crippen LogP contribution in [0.15, 0.2) is 24.8 Å². The molecule has 0 unspecified atom stereocenters. The minimum absolute atomic E-state index is 0.0123. The highest BCUT2D eigenvalue weighted by atomic mass is 35.5.